The average Bonchev–Trinajstić information content (AvgIpc) is 3.11. The second kappa shape index (κ2) is 9.18. The first-order valence-corrected chi connectivity index (χ1v) is 10.2. The molecule has 0 unspecified atom stereocenters. The Hall–Kier alpha value is -3.74. The van der Waals surface area contributed by atoms with Crippen molar-refractivity contribution in [3.05, 3.63) is 95.1 Å². The van der Waals surface area contributed by atoms with Crippen LogP contribution >= 0.6 is 0 Å². The number of carbonyl (C=O) groups is 2. The monoisotopic (exact) mass is 437 g/mol. The van der Waals surface area contributed by atoms with Gasteiger partial charge in [-0.15, -0.1) is 0 Å². The number of ether oxygens (including phenoxy) is 1. The Morgan fingerprint density at radius 3 is 1.94 bits per heavy atom. The maximum absolute atomic E-state index is 12.8. The fraction of sp³-hybridized carbons (Fsp3) is 0.200. The van der Waals surface area contributed by atoms with Crippen LogP contribution in [-0.4, -0.2) is 23.8 Å². The molecule has 7 heteroatoms. The molecular weight excluding hydrogens is 416 g/mol. The van der Waals surface area contributed by atoms with E-state index in [0.29, 0.717) is 5.56 Å². The third kappa shape index (κ3) is 4.46. The zero-order valence-electron chi connectivity index (χ0n) is 17.0. The van der Waals surface area contributed by atoms with Crippen molar-refractivity contribution in [1.82, 2.24) is 5.32 Å². The van der Waals surface area contributed by atoms with Crippen molar-refractivity contribution >= 4 is 12.1 Å². The van der Waals surface area contributed by atoms with Crippen molar-refractivity contribution in [2.45, 2.75) is 24.8 Å². The van der Waals surface area contributed by atoms with Crippen LogP contribution in [0.1, 0.15) is 47.1 Å². The van der Waals surface area contributed by atoms with Gasteiger partial charge in [-0.2, -0.15) is 0 Å². The van der Waals surface area contributed by atoms with Gasteiger partial charge in [0.1, 0.15) is 6.61 Å². The third-order valence-corrected chi connectivity index (χ3v) is 5.61. The number of halogens is 2. The van der Waals surface area contributed by atoms with E-state index in [2.05, 4.69) is 5.32 Å². The number of hydrogen-bond acceptors (Lipinski definition) is 3. The summed E-state index contributed by atoms with van der Waals surface area (Å²) in [6, 6.07) is 20.1. The minimum atomic E-state index is -2.63. The number of amides is 1. The summed E-state index contributed by atoms with van der Waals surface area (Å²) in [6.45, 7) is 0.0873. The smallest absolute Gasteiger partial charge is 0.407 e. The molecule has 3 aromatic carbocycles. The molecule has 1 amide bonds. The maximum Gasteiger partial charge on any atom is 0.407 e. The zero-order chi connectivity index (χ0) is 22.7. The minimum Gasteiger partial charge on any atom is -0.481 e. The van der Waals surface area contributed by atoms with Gasteiger partial charge >= 0.3 is 12.1 Å². The van der Waals surface area contributed by atoms with E-state index in [1.807, 2.05) is 48.5 Å². The number of alkyl halides is 2. The molecule has 0 heterocycles. The molecule has 5 nitrogen and oxygen atoms in total. The predicted octanol–water partition coefficient (Wildman–Crippen LogP) is 5.68. The lowest BCUT2D eigenvalue weighted by molar-refractivity contribution is -0.137. The Labute approximate surface area is 183 Å². The molecule has 0 bridgehead atoms. The van der Waals surface area contributed by atoms with Gasteiger partial charge in [-0.05, 0) is 27.8 Å². The second-order valence-corrected chi connectivity index (χ2v) is 7.59. The number of alkyl carbamates (subject to hydrolysis) is 1. The molecule has 0 saturated heterocycles. The summed E-state index contributed by atoms with van der Waals surface area (Å²) in [6.07, 6.45) is -3.80. The quantitative estimate of drug-likeness (QED) is 0.499. The molecule has 0 fully saturated rings. The molecule has 0 aromatic heterocycles. The number of fused-ring (bicyclic) bond motifs is 3. The van der Waals surface area contributed by atoms with Crippen LogP contribution in [0.25, 0.3) is 11.1 Å². The van der Waals surface area contributed by atoms with Gasteiger partial charge in [0.05, 0.1) is 12.5 Å². The van der Waals surface area contributed by atoms with E-state index in [0.717, 1.165) is 22.3 Å². The van der Waals surface area contributed by atoms with E-state index in [-0.39, 0.29) is 18.1 Å². The number of benzene rings is 3. The van der Waals surface area contributed by atoms with E-state index in [9.17, 15) is 23.5 Å². The fourth-order valence-corrected chi connectivity index (χ4v) is 4.08. The summed E-state index contributed by atoms with van der Waals surface area (Å²) < 4.78 is 31.1. The summed E-state index contributed by atoms with van der Waals surface area (Å²) >= 11 is 0. The van der Waals surface area contributed by atoms with Gasteiger partial charge in [0.15, 0.2) is 0 Å². The molecule has 2 N–H and O–H groups in total. The summed E-state index contributed by atoms with van der Waals surface area (Å²) in [5, 5.41) is 11.8. The van der Waals surface area contributed by atoms with Crippen LogP contribution in [0.5, 0.6) is 0 Å². The molecule has 164 valence electrons. The zero-order valence-corrected chi connectivity index (χ0v) is 17.0. The van der Waals surface area contributed by atoms with Crippen molar-refractivity contribution in [2.75, 3.05) is 6.61 Å². The fourth-order valence-electron chi connectivity index (χ4n) is 4.08. The van der Waals surface area contributed by atoms with Crippen molar-refractivity contribution in [3.63, 3.8) is 0 Å². The first-order chi connectivity index (χ1) is 15.4. The molecule has 0 spiro atoms. The highest BCUT2D eigenvalue weighted by atomic mass is 19.3. The molecule has 0 aliphatic heterocycles. The van der Waals surface area contributed by atoms with Crippen LogP contribution < -0.4 is 5.32 Å². The molecule has 1 aliphatic carbocycles. The molecule has 3 aromatic rings. The van der Waals surface area contributed by atoms with Crippen LogP contribution in [0.15, 0.2) is 72.8 Å². The van der Waals surface area contributed by atoms with Gasteiger partial charge in [-0.3, -0.25) is 4.79 Å². The molecular formula is C25H21F2NO4. The Morgan fingerprint density at radius 2 is 1.41 bits per heavy atom. The van der Waals surface area contributed by atoms with E-state index in [1.54, 1.807) is 0 Å². The summed E-state index contributed by atoms with van der Waals surface area (Å²) in [5.74, 6) is -1.26. The van der Waals surface area contributed by atoms with Gasteiger partial charge in [0.25, 0.3) is 6.43 Å². The first-order valence-electron chi connectivity index (χ1n) is 10.2. The molecule has 1 aliphatic rings. The average molecular weight is 437 g/mol. The SMILES string of the molecule is O=C(O)C[C@@H](NC(=O)OCC1c2ccccc2-c2ccccc21)c1ccc(C(F)F)cc1. The van der Waals surface area contributed by atoms with Crippen LogP contribution in [0.2, 0.25) is 0 Å². The Bertz CT molecular complexity index is 1090. The highest BCUT2D eigenvalue weighted by molar-refractivity contribution is 5.79. The predicted molar refractivity (Wildman–Crippen MR) is 115 cm³/mol. The standard InChI is InChI=1S/C25H21F2NO4/c26-24(27)16-11-9-15(10-12-16)22(13-23(29)30)28-25(31)32-14-21-19-7-3-1-5-17(19)18-6-2-4-8-20(18)21/h1-12,21-22,24H,13-14H2,(H,28,31)(H,29,30)/t22-/m1/s1. The third-order valence-electron chi connectivity index (χ3n) is 5.61. The minimum absolute atomic E-state index is 0.0873. The van der Waals surface area contributed by atoms with Crippen LogP contribution in [0.4, 0.5) is 13.6 Å². The van der Waals surface area contributed by atoms with Crippen molar-refractivity contribution in [2.24, 2.45) is 0 Å². The highest BCUT2D eigenvalue weighted by Gasteiger charge is 2.29. The maximum atomic E-state index is 12.8. The van der Waals surface area contributed by atoms with Gasteiger partial charge in [0.2, 0.25) is 0 Å². The summed E-state index contributed by atoms with van der Waals surface area (Å²) in [4.78, 5) is 23.8. The van der Waals surface area contributed by atoms with Crippen LogP contribution in [-0.2, 0) is 9.53 Å². The number of hydrogen-bond donors (Lipinski definition) is 2. The molecule has 0 saturated carbocycles. The van der Waals surface area contributed by atoms with Gasteiger partial charge in [0, 0.05) is 11.5 Å². The summed E-state index contributed by atoms with van der Waals surface area (Å²) in [7, 11) is 0. The number of aliphatic carboxylic acids is 1. The second-order valence-electron chi connectivity index (χ2n) is 7.59. The van der Waals surface area contributed by atoms with Gasteiger partial charge < -0.3 is 15.2 Å². The van der Waals surface area contributed by atoms with Crippen LogP contribution in [0, 0.1) is 0 Å². The van der Waals surface area contributed by atoms with Gasteiger partial charge in [-0.25, -0.2) is 13.6 Å². The Balaban J connectivity index is 1.46. The molecule has 1 atom stereocenters. The molecule has 0 radical (unpaired) electrons. The van der Waals surface area contributed by atoms with Crippen molar-refractivity contribution < 1.29 is 28.2 Å². The topological polar surface area (TPSA) is 75.6 Å². The van der Waals surface area contributed by atoms with E-state index in [4.69, 9.17) is 4.74 Å². The lowest BCUT2D eigenvalue weighted by atomic mass is 9.98. The van der Waals surface area contributed by atoms with E-state index in [1.165, 1.54) is 24.3 Å². The van der Waals surface area contributed by atoms with Gasteiger partial charge in [-0.1, -0.05) is 72.8 Å². The highest BCUT2D eigenvalue weighted by Crippen LogP contribution is 2.44. The van der Waals surface area contributed by atoms with Crippen molar-refractivity contribution in [1.29, 1.82) is 0 Å². The lowest BCUT2D eigenvalue weighted by Gasteiger charge is -2.19. The lowest BCUT2D eigenvalue weighted by Crippen LogP contribution is -2.31. The number of carboxylic acids is 1. The van der Waals surface area contributed by atoms with E-state index < -0.39 is 31.0 Å². The van der Waals surface area contributed by atoms with Crippen molar-refractivity contribution in [3.8, 4) is 11.1 Å². The van der Waals surface area contributed by atoms with Crippen LogP contribution in [0.3, 0.4) is 0 Å². The first kappa shape index (κ1) is 21.5. The largest absolute Gasteiger partial charge is 0.481 e. The number of nitrogens with one attached hydrogen (secondary N) is 1. The Kier molecular flexibility index (Phi) is 6.16. The molecule has 4 rings (SSSR count). The number of carboxylic acid groups (broad SMARTS) is 1. The summed E-state index contributed by atoms with van der Waals surface area (Å²) in [5.41, 5.74) is 4.55. The number of rotatable bonds is 7. The molecule has 32 heavy (non-hydrogen) atoms. The Morgan fingerprint density at radius 1 is 0.875 bits per heavy atom. The van der Waals surface area contributed by atoms with E-state index >= 15 is 0 Å². The number of carbonyl (C=O) groups excluding carboxylic acids is 1. The normalized spacial score (nSPS) is 13.3.